The van der Waals surface area contributed by atoms with Gasteiger partial charge in [0.15, 0.2) is 0 Å². The quantitative estimate of drug-likeness (QED) is 0.390. The molecule has 0 bridgehead atoms. The third-order valence-electron chi connectivity index (χ3n) is 8.15. The smallest absolute Gasteiger partial charge is 0.0434 e. The molecule has 0 N–H and O–H groups in total. The maximum Gasteiger partial charge on any atom is 0.0434 e. The molecule has 0 radical (unpaired) electrons. The van der Waals surface area contributed by atoms with Crippen molar-refractivity contribution in [2.24, 2.45) is 23.7 Å². The van der Waals surface area contributed by atoms with Crippen molar-refractivity contribution in [3.8, 4) is 0 Å². The molecule has 0 amide bonds. The van der Waals surface area contributed by atoms with Crippen molar-refractivity contribution in [1.82, 2.24) is 4.98 Å². The van der Waals surface area contributed by atoms with Crippen molar-refractivity contribution in [1.29, 1.82) is 0 Å². The predicted octanol–water partition coefficient (Wildman–Crippen LogP) is 8.33. The lowest BCUT2D eigenvalue weighted by atomic mass is 9.67. The summed E-state index contributed by atoms with van der Waals surface area (Å²) < 4.78 is 0. The van der Waals surface area contributed by atoms with Gasteiger partial charge in [0.1, 0.15) is 0 Å². The first kappa shape index (κ1) is 21.8. The fourth-order valence-electron chi connectivity index (χ4n) is 6.13. The lowest BCUT2D eigenvalue weighted by Crippen LogP contribution is -2.27. The van der Waals surface area contributed by atoms with Gasteiger partial charge in [-0.1, -0.05) is 71.8 Å². The van der Waals surface area contributed by atoms with Crippen LogP contribution in [0.25, 0.3) is 0 Å². The number of unbranched alkanes of at least 4 members (excludes halogenated alkanes) is 2. The van der Waals surface area contributed by atoms with Crippen LogP contribution in [0.3, 0.4) is 0 Å². The Balaban J connectivity index is 1.40. The van der Waals surface area contributed by atoms with Crippen molar-refractivity contribution in [3.05, 3.63) is 29.6 Å². The molecule has 0 aliphatic heterocycles. The molecule has 2 aliphatic rings. The number of hydrogen-bond acceptors (Lipinski definition) is 1. The first-order valence-corrected chi connectivity index (χ1v) is 12.7. The molecule has 1 unspecified atom stereocenters. The minimum absolute atomic E-state index is 0.630. The summed E-state index contributed by atoms with van der Waals surface area (Å²) in [4.78, 5) is 4.82. The average Bonchev–Trinajstić information content (AvgIpc) is 2.75. The Morgan fingerprint density at radius 2 is 1.54 bits per heavy atom. The van der Waals surface area contributed by atoms with E-state index in [1.54, 1.807) is 0 Å². The average molecular weight is 384 g/mol. The zero-order chi connectivity index (χ0) is 19.8. The first-order valence-electron chi connectivity index (χ1n) is 12.7. The van der Waals surface area contributed by atoms with Crippen molar-refractivity contribution in [2.75, 3.05) is 0 Å². The molecule has 0 spiro atoms. The fraction of sp³-hybridized carbons (Fsp3) is 0.815. The van der Waals surface area contributed by atoms with Crippen LogP contribution in [0.1, 0.15) is 121 Å². The Morgan fingerprint density at radius 3 is 2.11 bits per heavy atom. The number of aromatic nitrogens is 1. The van der Waals surface area contributed by atoms with Gasteiger partial charge in [0.2, 0.25) is 0 Å². The normalized spacial score (nSPS) is 29.5. The van der Waals surface area contributed by atoms with Gasteiger partial charge in [0, 0.05) is 17.8 Å². The van der Waals surface area contributed by atoms with Crippen LogP contribution in [-0.4, -0.2) is 4.98 Å². The second-order valence-electron chi connectivity index (χ2n) is 10.1. The van der Waals surface area contributed by atoms with Gasteiger partial charge in [-0.15, -0.1) is 0 Å². The Morgan fingerprint density at radius 1 is 0.857 bits per heavy atom. The maximum absolute atomic E-state index is 4.82. The second-order valence-corrected chi connectivity index (χ2v) is 10.1. The van der Waals surface area contributed by atoms with Crippen molar-refractivity contribution in [3.63, 3.8) is 0 Å². The third kappa shape index (κ3) is 6.07. The molecular weight excluding hydrogens is 338 g/mol. The molecule has 2 saturated carbocycles. The second kappa shape index (κ2) is 11.4. The molecule has 1 aromatic rings. The number of pyridine rings is 1. The van der Waals surface area contributed by atoms with Crippen LogP contribution in [0.2, 0.25) is 0 Å². The molecule has 158 valence electrons. The molecule has 3 rings (SSSR count). The molecule has 0 aromatic carbocycles. The van der Waals surface area contributed by atoms with Crippen molar-refractivity contribution in [2.45, 2.75) is 117 Å². The van der Waals surface area contributed by atoms with Crippen LogP contribution in [-0.2, 0) is 6.42 Å². The standard InChI is InChI=1S/C27H45N/c1-4-6-7-9-22-10-13-25(14-11-22)26-17-15-24(16-18-26)21(3)27-19-12-23(8-5-2)20-28-27/h12,19-22,24-26H,4-11,13-18H2,1-3H3/t21?,22-,24?,25-,26?. The van der Waals surface area contributed by atoms with E-state index in [1.807, 2.05) is 0 Å². The van der Waals surface area contributed by atoms with Gasteiger partial charge < -0.3 is 0 Å². The zero-order valence-electron chi connectivity index (χ0n) is 19.0. The summed E-state index contributed by atoms with van der Waals surface area (Å²) in [6.45, 7) is 6.99. The molecule has 2 fully saturated rings. The van der Waals surface area contributed by atoms with Gasteiger partial charge in [0.25, 0.3) is 0 Å². The molecule has 28 heavy (non-hydrogen) atoms. The molecule has 0 saturated heterocycles. The number of nitrogens with zero attached hydrogens (tertiary/aromatic N) is 1. The summed E-state index contributed by atoms with van der Waals surface area (Å²) in [6.07, 6.45) is 22.2. The van der Waals surface area contributed by atoms with Crippen LogP contribution >= 0.6 is 0 Å². The van der Waals surface area contributed by atoms with Gasteiger partial charge in [-0.05, 0) is 80.2 Å². The van der Waals surface area contributed by atoms with Crippen LogP contribution < -0.4 is 0 Å². The molecule has 1 aromatic heterocycles. The van der Waals surface area contributed by atoms with Gasteiger partial charge in [-0.2, -0.15) is 0 Å². The van der Waals surface area contributed by atoms with Crippen LogP contribution in [0.4, 0.5) is 0 Å². The highest BCUT2D eigenvalue weighted by Crippen LogP contribution is 2.45. The minimum atomic E-state index is 0.630. The Bertz CT molecular complexity index is 532. The molecule has 1 nitrogen and oxygen atoms in total. The van der Waals surface area contributed by atoms with E-state index in [1.165, 1.54) is 94.7 Å². The number of rotatable bonds is 9. The Labute approximate surface area is 175 Å². The monoisotopic (exact) mass is 383 g/mol. The van der Waals surface area contributed by atoms with E-state index in [2.05, 4.69) is 39.1 Å². The number of aryl methyl sites for hydroxylation is 1. The molecule has 1 heteroatoms. The van der Waals surface area contributed by atoms with E-state index >= 15 is 0 Å². The highest BCUT2D eigenvalue weighted by Gasteiger charge is 2.32. The number of hydrogen-bond donors (Lipinski definition) is 0. The van der Waals surface area contributed by atoms with Crippen LogP contribution in [0.15, 0.2) is 18.3 Å². The summed E-state index contributed by atoms with van der Waals surface area (Å²) >= 11 is 0. The summed E-state index contributed by atoms with van der Waals surface area (Å²) in [5, 5.41) is 0. The van der Waals surface area contributed by atoms with E-state index in [0.29, 0.717) is 5.92 Å². The SMILES string of the molecule is CCCCC[C@H]1CC[C@H](C2CCC(C(C)c3ccc(CCC)cn3)CC2)CC1. The minimum Gasteiger partial charge on any atom is -0.261 e. The van der Waals surface area contributed by atoms with E-state index in [4.69, 9.17) is 4.98 Å². The maximum atomic E-state index is 4.82. The largest absolute Gasteiger partial charge is 0.261 e. The van der Waals surface area contributed by atoms with Crippen LogP contribution in [0, 0.1) is 23.7 Å². The fourth-order valence-corrected chi connectivity index (χ4v) is 6.13. The molecule has 1 atom stereocenters. The first-order chi connectivity index (χ1) is 13.7. The van der Waals surface area contributed by atoms with Gasteiger partial charge >= 0.3 is 0 Å². The van der Waals surface area contributed by atoms with Crippen molar-refractivity contribution >= 4 is 0 Å². The highest BCUT2D eigenvalue weighted by atomic mass is 14.7. The summed E-state index contributed by atoms with van der Waals surface area (Å²) in [7, 11) is 0. The summed E-state index contributed by atoms with van der Waals surface area (Å²) in [5.74, 6) is 4.61. The van der Waals surface area contributed by atoms with Gasteiger partial charge in [-0.3, -0.25) is 4.98 Å². The van der Waals surface area contributed by atoms with E-state index in [0.717, 1.165) is 30.1 Å². The van der Waals surface area contributed by atoms with Gasteiger partial charge in [0.05, 0.1) is 0 Å². The third-order valence-corrected chi connectivity index (χ3v) is 8.15. The molecule has 1 heterocycles. The van der Waals surface area contributed by atoms with E-state index in [9.17, 15) is 0 Å². The van der Waals surface area contributed by atoms with Gasteiger partial charge in [-0.25, -0.2) is 0 Å². The Kier molecular flexibility index (Phi) is 8.87. The predicted molar refractivity (Wildman–Crippen MR) is 122 cm³/mol. The van der Waals surface area contributed by atoms with E-state index < -0.39 is 0 Å². The molecular formula is C27H45N. The lowest BCUT2D eigenvalue weighted by Gasteiger charge is -2.39. The highest BCUT2D eigenvalue weighted by molar-refractivity contribution is 5.17. The Hall–Kier alpha value is -0.850. The lowest BCUT2D eigenvalue weighted by molar-refractivity contribution is 0.136. The topological polar surface area (TPSA) is 12.9 Å². The van der Waals surface area contributed by atoms with Crippen LogP contribution in [0.5, 0.6) is 0 Å². The summed E-state index contributed by atoms with van der Waals surface area (Å²) in [6, 6.07) is 4.62. The van der Waals surface area contributed by atoms with E-state index in [-0.39, 0.29) is 0 Å². The summed E-state index contributed by atoms with van der Waals surface area (Å²) in [5.41, 5.74) is 2.73. The van der Waals surface area contributed by atoms with Crippen molar-refractivity contribution < 1.29 is 0 Å². The molecule has 2 aliphatic carbocycles. The zero-order valence-corrected chi connectivity index (χ0v) is 19.0.